The fourth-order valence-electron chi connectivity index (χ4n) is 1.66. The zero-order valence-corrected chi connectivity index (χ0v) is 9.84. The van der Waals surface area contributed by atoms with Crippen molar-refractivity contribution < 1.29 is 4.74 Å². The Morgan fingerprint density at radius 1 is 1.41 bits per heavy atom. The molecule has 4 nitrogen and oxygen atoms in total. The Morgan fingerprint density at radius 2 is 2.24 bits per heavy atom. The van der Waals surface area contributed by atoms with Gasteiger partial charge < -0.3 is 4.74 Å². The summed E-state index contributed by atoms with van der Waals surface area (Å²) in [7, 11) is 1.57. The molecule has 4 heteroatoms. The number of benzene rings is 1. The summed E-state index contributed by atoms with van der Waals surface area (Å²) >= 11 is 0. The van der Waals surface area contributed by atoms with Gasteiger partial charge in [0.05, 0.1) is 24.9 Å². The zero-order chi connectivity index (χ0) is 12.3. The molecule has 17 heavy (non-hydrogen) atoms. The van der Waals surface area contributed by atoms with Crippen LogP contribution in [0.3, 0.4) is 0 Å². The van der Waals surface area contributed by atoms with Crippen molar-refractivity contribution in [2.24, 2.45) is 0 Å². The second-order valence-electron chi connectivity index (χ2n) is 3.80. The molecule has 0 N–H and O–H groups in total. The van der Waals surface area contributed by atoms with E-state index >= 15 is 0 Å². The first-order valence-electron chi connectivity index (χ1n) is 5.30. The van der Waals surface area contributed by atoms with E-state index < -0.39 is 0 Å². The molecule has 1 aromatic heterocycles. The van der Waals surface area contributed by atoms with Gasteiger partial charge in [0, 0.05) is 6.20 Å². The van der Waals surface area contributed by atoms with Gasteiger partial charge in [-0.05, 0) is 30.7 Å². The normalized spacial score (nSPS) is 9.94. The molecule has 0 aliphatic carbocycles. The molecule has 0 spiro atoms. The van der Waals surface area contributed by atoms with Crippen LogP contribution < -0.4 is 4.74 Å². The molecule has 1 heterocycles. The maximum atomic E-state index is 8.89. The van der Waals surface area contributed by atoms with Gasteiger partial charge in [0.2, 0.25) is 0 Å². The van der Waals surface area contributed by atoms with E-state index in [1.807, 2.05) is 36.0 Å². The predicted octanol–water partition coefficient (Wildman–Crippen LogP) is 2.12. The van der Waals surface area contributed by atoms with Crippen molar-refractivity contribution >= 4 is 0 Å². The summed E-state index contributed by atoms with van der Waals surface area (Å²) in [6.45, 7) is 2.63. The lowest BCUT2D eigenvalue weighted by atomic mass is 10.1. The highest BCUT2D eigenvalue weighted by molar-refractivity contribution is 5.45. The van der Waals surface area contributed by atoms with E-state index in [4.69, 9.17) is 10.00 Å². The Balaban J connectivity index is 2.25. The number of rotatable bonds is 3. The first-order chi connectivity index (χ1) is 8.22. The molecule has 2 rings (SSSR count). The number of hydrogen-bond acceptors (Lipinski definition) is 3. The number of ether oxygens (including phenoxy) is 1. The fraction of sp³-hybridized carbons (Fsp3) is 0.231. The van der Waals surface area contributed by atoms with Crippen LogP contribution in [0.2, 0.25) is 0 Å². The number of hydrogen-bond donors (Lipinski definition) is 0. The van der Waals surface area contributed by atoms with E-state index in [9.17, 15) is 0 Å². The molecule has 86 valence electrons. The van der Waals surface area contributed by atoms with Crippen LogP contribution in [0.4, 0.5) is 0 Å². The van der Waals surface area contributed by atoms with E-state index in [-0.39, 0.29) is 0 Å². The highest BCUT2D eigenvalue weighted by Crippen LogP contribution is 2.19. The molecule has 0 fully saturated rings. The van der Waals surface area contributed by atoms with Gasteiger partial charge in [-0.2, -0.15) is 10.4 Å². The van der Waals surface area contributed by atoms with Gasteiger partial charge in [-0.25, -0.2) is 0 Å². The topological polar surface area (TPSA) is 50.8 Å². The molecule has 0 atom stereocenters. The van der Waals surface area contributed by atoms with Crippen LogP contribution >= 0.6 is 0 Å². The Kier molecular flexibility index (Phi) is 3.10. The van der Waals surface area contributed by atoms with Crippen LogP contribution in [0.1, 0.15) is 16.8 Å². The van der Waals surface area contributed by atoms with E-state index in [0.29, 0.717) is 17.9 Å². The Hall–Kier alpha value is -2.28. The Bertz CT molecular complexity index is 566. The van der Waals surface area contributed by atoms with E-state index in [1.165, 1.54) is 0 Å². The average molecular weight is 227 g/mol. The van der Waals surface area contributed by atoms with Crippen LogP contribution in [0.25, 0.3) is 0 Å². The lowest BCUT2D eigenvalue weighted by Gasteiger charge is -2.06. The van der Waals surface area contributed by atoms with Gasteiger partial charge >= 0.3 is 0 Å². The first-order valence-corrected chi connectivity index (χ1v) is 5.30. The third kappa shape index (κ3) is 2.45. The summed E-state index contributed by atoms with van der Waals surface area (Å²) in [6.07, 6.45) is 1.93. The molecule has 1 aromatic carbocycles. The lowest BCUT2D eigenvalue weighted by molar-refractivity contribution is 0.412. The molecule has 0 saturated carbocycles. The second kappa shape index (κ2) is 4.71. The van der Waals surface area contributed by atoms with Crippen molar-refractivity contribution in [2.75, 3.05) is 7.11 Å². The largest absolute Gasteiger partial charge is 0.495 e. The van der Waals surface area contributed by atoms with Crippen LogP contribution in [0.15, 0.2) is 30.5 Å². The number of nitrogens with zero attached hydrogens (tertiary/aromatic N) is 3. The molecule has 0 radical (unpaired) electrons. The van der Waals surface area contributed by atoms with Crippen LogP contribution in [-0.2, 0) is 6.54 Å². The van der Waals surface area contributed by atoms with Crippen molar-refractivity contribution in [3.8, 4) is 11.8 Å². The van der Waals surface area contributed by atoms with Crippen molar-refractivity contribution in [2.45, 2.75) is 13.5 Å². The number of aryl methyl sites for hydroxylation is 1. The highest BCUT2D eigenvalue weighted by atomic mass is 16.5. The summed E-state index contributed by atoms with van der Waals surface area (Å²) in [6, 6.07) is 9.61. The summed E-state index contributed by atoms with van der Waals surface area (Å²) in [4.78, 5) is 0. The molecular weight excluding hydrogens is 214 g/mol. The SMILES string of the molecule is COc1cc(Cn2ccc(C)n2)ccc1C#N. The summed E-state index contributed by atoms with van der Waals surface area (Å²) < 4.78 is 7.02. The minimum atomic E-state index is 0.549. The number of nitriles is 1. The second-order valence-corrected chi connectivity index (χ2v) is 3.80. The summed E-state index contributed by atoms with van der Waals surface area (Å²) in [5, 5.41) is 13.2. The molecule has 0 aliphatic heterocycles. The predicted molar refractivity (Wildman–Crippen MR) is 63.8 cm³/mol. The molecule has 0 aliphatic rings. The van der Waals surface area contributed by atoms with Gasteiger partial charge in [-0.1, -0.05) is 6.07 Å². The van der Waals surface area contributed by atoms with Crippen molar-refractivity contribution in [3.05, 3.63) is 47.3 Å². The molecule has 0 bridgehead atoms. The van der Waals surface area contributed by atoms with Crippen LogP contribution in [0, 0.1) is 18.3 Å². The quantitative estimate of drug-likeness (QED) is 0.807. The highest BCUT2D eigenvalue weighted by Gasteiger charge is 2.04. The van der Waals surface area contributed by atoms with Gasteiger partial charge in [-0.15, -0.1) is 0 Å². The smallest absolute Gasteiger partial charge is 0.136 e. The van der Waals surface area contributed by atoms with Gasteiger partial charge in [0.15, 0.2) is 0 Å². The fourth-order valence-corrected chi connectivity index (χ4v) is 1.66. The zero-order valence-electron chi connectivity index (χ0n) is 9.84. The van der Waals surface area contributed by atoms with Crippen molar-refractivity contribution in [3.63, 3.8) is 0 Å². The van der Waals surface area contributed by atoms with E-state index in [0.717, 1.165) is 11.3 Å². The minimum Gasteiger partial charge on any atom is -0.495 e. The van der Waals surface area contributed by atoms with Crippen molar-refractivity contribution in [1.29, 1.82) is 5.26 Å². The monoisotopic (exact) mass is 227 g/mol. The average Bonchev–Trinajstić information content (AvgIpc) is 2.74. The number of methoxy groups -OCH3 is 1. The molecule has 0 amide bonds. The molecule has 0 unspecified atom stereocenters. The number of aromatic nitrogens is 2. The summed E-state index contributed by atoms with van der Waals surface area (Å²) in [5.74, 6) is 0.605. The Morgan fingerprint density at radius 3 is 2.82 bits per heavy atom. The Labute approximate surface area is 100 Å². The van der Waals surface area contributed by atoms with Gasteiger partial charge in [0.25, 0.3) is 0 Å². The van der Waals surface area contributed by atoms with E-state index in [1.54, 1.807) is 13.2 Å². The van der Waals surface area contributed by atoms with Crippen molar-refractivity contribution in [1.82, 2.24) is 9.78 Å². The maximum Gasteiger partial charge on any atom is 0.136 e. The minimum absolute atomic E-state index is 0.549. The van der Waals surface area contributed by atoms with Gasteiger partial charge in [0.1, 0.15) is 11.8 Å². The van der Waals surface area contributed by atoms with Gasteiger partial charge in [-0.3, -0.25) is 4.68 Å². The molecular formula is C13H13N3O. The molecule has 0 saturated heterocycles. The van der Waals surface area contributed by atoms with E-state index in [2.05, 4.69) is 11.2 Å². The van der Waals surface area contributed by atoms with Crippen LogP contribution in [-0.4, -0.2) is 16.9 Å². The maximum absolute atomic E-state index is 8.89. The third-order valence-electron chi connectivity index (χ3n) is 2.50. The van der Waals surface area contributed by atoms with Crippen LogP contribution in [0.5, 0.6) is 5.75 Å². The standard InChI is InChI=1S/C13H13N3O/c1-10-5-6-16(15-10)9-11-3-4-12(8-14)13(7-11)17-2/h3-7H,9H2,1-2H3. The summed E-state index contributed by atoms with van der Waals surface area (Å²) in [5.41, 5.74) is 2.60. The first kappa shape index (κ1) is 11.2. The third-order valence-corrected chi connectivity index (χ3v) is 2.50. The lowest BCUT2D eigenvalue weighted by Crippen LogP contribution is -2.01. The molecule has 2 aromatic rings.